The maximum absolute atomic E-state index is 5.39. The van der Waals surface area contributed by atoms with Crippen LogP contribution in [0.5, 0.6) is 0 Å². The third-order valence-corrected chi connectivity index (χ3v) is 3.17. The van der Waals surface area contributed by atoms with Crippen molar-refractivity contribution >= 4 is 0 Å². The minimum atomic E-state index is -0.598. The molecule has 0 bridgehead atoms. The maximum atomic E-state index is 5.39. The van der Waals surface area contributed by atoms with E-state index in [9.17, 15) is 0 Å². The second-order valence-corrected chi connectivity index (χ2v) is 3.95. The van der Waals surface area contributed by atoms with E-state index in [2.05, 4.69) is 6.92 Å². The molecule has 0 spiro atoms. The first-order chi connectivity index (χ1) is 5.84. The molecule has 0 aromatic carbocycles. The first kappa shape index (κ1) is 12.9. The SMILES string of the molecule is COC(C)(C)C(C)C(C)(OC)OC. The Morgan fingerprint density at radius 3 is 1.46 bits per heavy atom. The number of ether oxygens (including phenoxy) is 3. The van der Waals surface area contributed by atoms with Gasteiger partial charge in [0.05, 0.1) is 5.60 Å². The summed E-state index contributed by atoms with van der Waals surface area (Å²) in [7, 11) is 4.99. The van der Waals surface area contributed by atoms with Gasteiger partial charge < -0.3 is 14.2 Å². The van der Waals surface area contributed by atoms with Gasteiger partial charge in [0.2, 0.25) is 0 Å². The predicted molar refractivity (Wildman–Crippen MR) is 52.7 cm³/mol. The lowest BCUT2D eigenvalue weighted by Crippen LogP contribution is -2.49. The molecule has 0 amide bonds. The fourth-order valence-electron chi connectivity index (χ4n) is 1.25. The summed E-state index contributed by atoms with van der Waals surface area (Å²) < 4.78 is 16.1. The second kappa shape index (κ2) is 4.40. The molecule has 0 aromatic heterocycles. The lowest BCUT2D eigenvalue weighted by Gasteiger charge is -2.41. The summed E-state index contributed by atoms with van der Waals surface area (Å²) >= 11 is 0. The molecule has 0 N–H and O–H groups in total. The van der Waals surface area contributed by atoms with Crippen molar-refractivity contribution in [2.24, 2.45) is 5.92 Å². The van der Waals surface area contributed by atoms with E-state index >= 15 is 0 Å². The van der Waals surface area contributed by atoms with Gasteiger partial charge in [0, 0.05) is 27.2 Å². The average molecular weight is 190 g/mol. The third-order valence-electron chi connectivity index (χ3n) is 3.17. The highest BCUT2D eigenvalue weighted by Crippen LogP contribution is 2.32. The van der Waals surface area contributed by atoms with Gasteiger partial charge in [0.25, 0.3) is 0 Å². The van der Waals surface area contributed by atoms with E-state index in [-0.39, 0.29) is 11.5 Å². The van der Waals surface area contributed by atoms with Crippen molar-refractivity contribution < 1.29 is 14.2 Å². The summed E-state index contributed by atoms with van der Waals surface area (Å²) in [5.74, 6) is -0.459. The smallest absolute Gasteiger partial charge is 0.169 e. The van der Waals surface area contributed by atoms with Gasteiger partial charge in [-0.15, -0.1) is 0 Å². The summed E-state index contributed by atoms with van der Waals surface area (Å²) in [6, 6.07) is 0. The van der Waals surface area contributed by atoms with Crippen molar-refractivity contribution in [3.8, 4) is 0 Å². The quantitative estimate of drug-likeness (QED) is 0.621. The van der Waals surface area contributed by atoms with Crippen molar-refractivity contribution in [1.82, 2.24) is 0 Å². The zero-order valence-electron chi connectivity index (χ0n) is 9.80. The minimum Gasteiger partial charge on any atom is -0.378 e. The zero-order valence-corrected chi connectivity index (χ0v) is 9.80. The Labute approximate surface area is 81.4 Å². The summed E-state index contributed by atoms with van der Waals surface area (Å²) in [4.78, 5) is 0. The van der Waals surface area contributed by atoms with Gasteiger partial charge in [0.15, 0.2) is 5.79 Å². The van der Waals surface area contributed by atoms with Crippen LogP contribution in [-0.4, -0.2) is 32.7 Å². The van der Waals surface area contributed by atoms with Gasteiger partial charge in [-0.05, 0) is 20.8 Å². The molecule has 1 atom stereocenters. The lowest BCUT2D eigenvalue weighted by molar-refractivity contribution is -0.256. The van der Waals surface area contributed by atoms with Gasteiger partial charge in [-0.25, -0.2) is 0 Å². The van der Waals surface area contributed by atoms with Crippen molar-refractivity contribution in [2.75, 3.05) is 21.3 Å². The molecule has 0 aliphatic rings. The van der Waals surface area contributed by atoms with E-state index in [4.69, 9.17) is 14.2 Å². The van der Waals surface area contributed by atoms with E-state index in [1.807, 2.05) is 20.8 Å². The van der Waals surface area contributed by atoms with E-state index in [1.165, 1.54) is 0 Å². The molecule has 13 heavy (non-hydrogen) atoms. The summed E-state index contributed by atoms with van der Waals surface area (Å²) in [6.07, 6.45) is 0. The molecule has 0 rings (SSSR count). The standard InChI is InChI=1S/C10H22O3/c1-8(9(2,3)11-5)10(4,12-6)13-7/h8H,1-7H3. The number of hydrogen-bond acceptors (Lipinski definition) is 3. The molecule has 3 heteroatoms. The fraction of sp³-hybridized carbons (Fsp3) is 1.00. The van der Waals surface area contributed by atoms with Crippen molar-refractivity contribution in [3.05, 3.63) is 0 Å². The van der Waals surface area contributed by atoms with Crippen LogP contribution in [-0.2, 0) is 14.2 Å². The lowest BCUT2D eigenvalue weighted by atomic mass is 9.85. The first-order valence-electron chi connectivity index (χ1n) is 4.49. The molecule has 3 nitrogen and oxygen atoms in total. The highest BCUT2D eigenvalue weighted by Gasteiger charge is 2.41. The number of rotatable bonds is 5. The van der Waals surface area contributed by atoms with E-state index in [1.54, 1.807) is 21.3 Å². The van der Waals surface area contributed by atoms with Crippen LogP contribution in [0.4, 0.5) is 0 Å². The summed E-state index contributed by atoms with van der Waals surface area (Å²) in [6.45, 7) is 8.01. The molecule has 0 aromatic rings. The third kappa shape index (κ3) is 2.66. The topological polar surface area (TPSA) is 27.7 Å². The monoisotopic (exact) mass is 190 g/mol. The molecule has 1 unspecified atom stereocenters. The Hall–Kier alpha value is -0.120. The Morgan fingerprint density at radius 2 is 1.23 bits per heavy atom. The van der Waals surface area contributed by atoms with Crippen LogP contribution in [0.3, 0.4) is 0 Å². The number of methoxy groups -OCH3 is 3. The molecular weight excluding hydrogens is 168 g/mol. The molecule has 0 saturated heterocycles. The van der Waals surface area contributed by atoms with Crippen LogP contribution in [0.25, 0.3) is 0 Å². The van der Waals surface area contributed by atoms with E-state index in [0.717, 1.165) is 0 Å². The van der Waals surface area contributed by atoms with Gasteiger partial charge in [-0.3, -0.25) is 0 Å². The average Bonchev–Trinajstić information content (AvgIpc) is 2.15. The minimum absolute atomic E-state index is 0.139. The highest BCUT2D eigenvalue weighted by molar-refractivity contribution is 4.85. The van der Waals surface area contributed by atoms with Crippen molar-refractivity contribution in [3.63, 3.8) is 0 Å². The molecule has 0 fully saturated rings. The largest absolute Gasteiger partial charge is 0.378 e. The Bertz CT molecular complexity index is 150. The van der Waals surface area contributed by atoms with Gasteiger partial charge in [-0.1, -0.05) is 6.92 Å². The second-order valence-electron chi connectivity index (χ2n) is 3.95. The maximum Gasteiger partial charge on any atom is 0.169 e. The molecule has 0 radical (unpaired) electrons. The Balaban J connectivity index is 4.64. The molecule has 0 saturated carbocycles. The van der Waals surface area contributed by atoms with Crippen LogP contribution in [0.15, 0.2) is 0 Å². The van der Waals surface area contributed by atoms with Gasteiger partial charge >= 0.3 is 0 Å². The van der Waals surface area contributed by atoms with Crippen LogP contribution in [0.1, 0.15) is 27.7 Å². The van der Waals surface area contributed by atoms with Gasteiger partial charge in [0.1, 0.15) is 0 Å². The number of hydrogen-bond donors (Lipinski definition) is 0. The molecular formula is C10H22O3. The van der Waals surface area contributed by atoms with Crippen LogP contribution in [0, 0.1) is 5.92 Å². The zero-order chi connectivity index (χ0) is 10.7. The van der Waals surface area contributed by atoms with Crippen LogP contribution in [0.2, 0.25) is 0 Å². The van der Waals surface area contributed by atoms with Crippen LogP contribution >= 0.6 is 0 Å². The normalized spacial score (nSPS) is 15.9. The van der Waals surface area contributed by atoms with E-state index < -0.39 is 5.79 Å². The van der Waals surface area contributed by atoms with Crippen molar-refractivity contribution in [2.45, 2.75) is 39.1 Å². The molecule has 80 valence electrons. The predicted octanol–water partition coefficient (Wildman–Crippen LogP) is 2.06. The van der Waals surface area contributed by atoms with E-state index in [0.29, 0.717) is 0 Å². The fourth-order valence-corrected chi connectivity index (χ4v) is 1.25. The Morgan fingerprint density at radius 1 is 0.846 bits per heavy atom. The highest BCUT2D eigenvalue weighted by atomic mass is 16.7. The molecule has 0 aliphatic carbocycles. The molecule has 0 aliphatic heterocycles. The Kier molecular flexibility index (Phi) is 4.36. The van der Waals surface area contributed by atoms with Crippen LogP contribution < -0.4 is 0 Å². The molecule has 0 heterocycles. The summed E-state index contributed by atoms with van der Waals surface area (Å²) in [5.41, 5.74) is -0.263. The summed E-state index contributed by atoms with van der Waals surface area (Å²) in [5, 5.41) is 0. The van der Waals surface area contributed by atoms with Gasteiger partial charge in [-0.2, -0.15) is 0 Å². The first-order valence-corrected chi connectivity index (χ1v) is 4.49. The van der Waals surface area contributed by atoms with Crippen molar-refractivity contribution in [1.29, 1.82) is 0 Å².